The van der Waals surface area contributed by atoms with E-state index >= 15 is 0 Å². The number of fused-ring (bicyclic) bond motifs is 1. The highest BCUT2D eigenvalue weighted by Gasteiger charge is 2.36. The number of carbonyl (C=O) groups is 1. The van der Waals surface area contributed by atoms with Crippen molar-refractivity contribution < 1.29 is 18.3 Å². The first-order chi connectivity index (χ1) is 8.80. The van der Waals surface area contributed by atoms with Gasteiger partial charge < -0.3 is 5.11 Å². The maximum absolute atomic E-state index is 11.9. The molecule has 1 unspecified atom stereocenters. The van der Waals surface area contributed by atoms with E-state index in [4.69, 9.17) is 0 Å². The average molecular weight is 282 g/mol. The van der Waals surface area contributed by atoms with Gasteiger partial charge in [0.2, 0.25) is 0 Å². The number of benzene rings is 1. The predicted molar refractivity (Wildman–Crippen MR) is 69.6 cm³/mol. The normalized spacial score (nSPS) is 21.5. The van der Waals surface area contributed by atoms with Crippen LogP contribution in [0.15, 0.2) is 34.2 Å². The highest BCUT2D eigenvalue weighted by atomic mass is 32.2. The third-order valence-corrected chi connectivity index (χ3v) is 4.57. The van der Waals surface area contributed by atoms with E-state index in [0.717, 1.165) is 0 Å². The lowest BCUT2D eigenvalue weighted by atomic mass is 10.00. The minimum Gasteiger partial charge on any atom is -0.479 e. The number of aliphatic carboxylic acids is 1. The molecule has 0 fully saturated rings. The van der Waals surface area contributed by atoms with Gasteiger partial charge in [0.05, 0.1) is 4.90 Å². The topological polar surface area (TPSA) is 95.8 Å². The molecule has 1 aromatic rings. The molecule has 1 aromatic carbocycles. The molecule has 0 aromatic heterocycles. The Morgan fingerprint density at radius 1 is 1.42 bits per heavy atom. The van der Waals surface area contributed by atoms with Gasteiger partial charge in [-0.15, -0.1) is 0 Å². The van der Waals surface area contributed by atoms with E-state index in [9.17, 15) is 18.3 Å². The number of carboxylic acid groups (broad SMARTS) is 1. The van der Waals surface area contributed by atoms with Crippen molar-refractivity contribution in [1.29, 1.82) is 0 Å². The van der Waals surface area contributed by atoms with Crippen LogP contribution in [0.4, 0.5) is 0 Å². The molecule has 0 bridgehead atoms. The van der Waals surface area contributed by atoms with Gasteiger partial charge in [0, 0.05) is 5.56 Å². The number of amidine groups is 1. The van der Waals surface area contributed by atoms with Crippen LogP contribution in [0.2, 0.25) is 0 Å². The molecule has 6 nitrogen and oxygen atoms in total. The fraction of sp³-hybridized carbons (Fsp3) is 0.333. The van der Waals surface area contributed by atoms with E-state index in [1.165, 1.54) is 13.0 Å². The molecule has 19 heavy (non-hydrogen) atoms. The summed E-state index contributed by atoms with van der Waals surface area (Å²) in [6, 6.07) is 6.35. The first kappa shape index (κ1) is 13.5. The van der Waals surface area contributed by atoms with Crippen molar-refractivity contribution in [3.63, 3.8) is 0 Å². The Morgan fingerprint density at radius 3 is 2.63 bits per heavy atom. The summed E-state index contributed by atoms with van der Waals surface area (Å²) in [6.07, 6.45) is 0.260. The molecular formula is C12H14N2O4S. The third-order valence-electron chi connectivity index (χ3n) is 3.17. The maximum atomic E-state index is 11.9. The number of sulfonamides is 1. The van der Waals surface area contributed by atoms with E-state index in [0.29, 0.717) is 5.56 Å². The average Bonchev–Trinajstić information content (AvgIpc) is 2.61. The first-order valence-electron chi connectivity index (χ1n) is 5.75. The van der Waals surface area contributed by atoms with Crippen LogP contribution in [-0.4, -0.2) is 30.9 Å². The van der Waals surface area contributed by atoms with Crippen LogP contribution in [-0.2, 0) is 14.8 Å². The Bertz CT molecular complexity index is 666. The summed E-state index contributed by atoms with van der Waals surface area (Å²) in [4.78, 5) is 15.4. The Morgan fingerprint density at radius 2 is 2.05 bits per heavy atom. The van der Waals surface area contributed by atoms with Crippen molar-refractivity contribution in [2.45, 2.75) is 30.7 Å². The van der Waals surface area contributed by atoms with Gasteiger partial charge in [-0.05, 0) is 25.5 Å². The van der Waals surface area contributed by atoms with E-state index in [2.05, 4.69) is 9.71 Å². The molecule has 1 aliphatic heterocycles. The zero-order valence-corrected chi connectivity index (χ0v) is 11.4. The summed E-state index contributed by atoms with van der Waals surface area (Å²) in [7, 11) is -3.63. The second kappa shape index (κ2) is 4.34. The lowest BCUT2D eigenvalue weighted by Crippen LogP contribution is -2.36. The monoisotopic (exact) mass is 282 g/mol. The van der Waals surface area contributed by atoms with Gasteiger partial charge in [0.1, 0.15) is 5.84 Å². The molecule has 0 saturated carbocycles. The molecule has 2 N–H and O–H groups in total. The van der Waals surface area contributed by atoms with Crippen molar-refractivity contribution in [3.8, 4) is 0 Å². The predicted octanol–water partition coefficient (Wildman–Crippen LogP) is 0.978. The van der Waals surface area contributed by atoms with Gasteiger partial charge in [0.15, 0.2) is 5.54 Å². The van der Waals surface area contributed by atoms with Crippen LogP contribution >= 0.6 is 0 Å². The second-order valence-corrected chi connectivity index (χ2v) is 6.15. The number of carboxylic acids is 1. The fourth-order valence-electron chi connectivity index (χ4n) is 1.74. The van der Waals surface area contributed by atoms with Gasteiger partial charge in [-0.3, -0.25) is 4.72 Å². The Balaban J connectivity index is 2.59. The quantitative estimate of drug-likeness (QED) is 0.863. The summed E-state index contributed by atoms with van der Waals surface area (Å²) in [5.41, 5.74) is -0.946. The Hall–Kier alpha value is -1.89. The number of rotatable bonds is 3. The van der Waals surface area contributed by atoms with Crippen LogP contribution in [0.1, 0.15) is 25.8 Å². The van der Waals surface area contributed by atoms with Gasteiger partial charge in [-0.1, -0.05) is 19.1 Å². The summed E-state index contributed by atoms with van der Waals surface area (Å²) in [5, 5.41) is 9.19. The van der Waals surface area contributed by atoms with E-state index in [1.54, 1.807) is 25.1 Å². The summed E-state index contributed by atoms with van der Waals surface area (Å²) < 4.78 is 26.0. The van der Waals surface area contributed by atoms with Crippen molar-refractivity contribution in [1.82, 2.24) is 4.72 Å². The molecule has 2 rings (SSSR count). The molecule has 1 atom stereocenters. The maximum Gasteiger partial charge on any atom is 0.331 e. The molecule has 0 radical (unpaired) electrons. The van der Waals surface area contributed by atoms with Crippen LogP contribution in [0.25, 0.3) is 0 Å². The van der Waals surface area contributed by atoms with E-state index in [1.807, 2.05) is 0 Å². The van der Waals surface area contributed by atoms with Gasteiger partial charge in [-0.2, -0.15) is 0 Å². The fourth-order valence-corrected chi connectivity index (χ4v) is 2.97. The van der Waals surface area contributed by atoms with Crippen molar-refractivity contribution in [2.75, 3.05) is 0 Å². The number of hydrogen-bond acceptors (Lipinski definition) is 4. The zero-order valence-electron chi connectivity index (χ0n) is 10.5. The smallest absolute Gasteiger partial charge is 0.331 e. The molecule has 0 saturated heterocycles. The minimum atomic E-state index is -3.63. The molecule has 1 heterocycles. The minimum absolute atomic E-state index is 0.0855. The van der Waals surface area contributed by atoms with Gasteiger partial charge >= 0.3 is 5.97 Å². The molecule has 102 valence electrons. The summed E-state index contributed by atoms with van der Waals surface area (Å²) in [6.45, 7) is 3.14. The van der Waals surface area contributed by atoms with Crippen molar-refractivity contribution in [3.05, 3.63) is 29.8 Å². The molecular weight excluding hydrogens is 268 g/mol. The molecule has 0 spiro atoms. The number of aliphatic imine (C=N–C) groups is 1. The molecule has 1 aliphatic rings. The third kappa shape index (κ3) is 2.21. The van der Waals surface area contributed by atoms with Crippen LogP contribution < -0.4 is 4.72 Å². The van der Waals surface area contributed by atoms with E-state index < -0.39 is 21.5 Å². The van der Waals surface area contributed by atoms with Gasteiger partial charge in [0.25, 0.3) is 10.0 Å². The summed E-state index contributed by atoms with van der Waals surface area (Å²) >= 11 is 0. The lowest BCUT2D eigenvalue weighted by molar-refractivity contribution is -0.142. The SMILES string of the molecule is CCC(C)(N=C1NS(=O)(=O)c2ccccc21)C(=O)O. The highest BCUT2D eigenvalue weighted by Crippen LogP contribution is 2.25. The molecule has 0 amide bonds. The zero-order chi connectivity index (χ0) is 14.3. The molecule has 7 heteroatoms. The summed E-state index contributed by atoms with van der Waals surface area (Å²) in [5.74, 6) is -1.01. The second-order valence-electron chi connectivity index (χ2n) is 4.49. The molecule has 0 aliphatic carbocycles. The first-order valence-corrected chi connectivity index (χ1v) is 7.24. The number of hydrogen-bond donors (Lipinski definition) is 2. The standard InChI is InChI=1S/C12H14N2O4S/c1-3-12(2,11(15)16)13-10-8-6-4-5-7-9(8)19(17,18)14-10/h4-7H,3H2,1-2H3,(H,13,14)(H,15,16). The Labute approximate surface area is 111 Å². The van der Waals surface area contributed by atoms with Gasteiger partial charge in [-0.25, -0.2) is 18.2 Å². The Kier molecular flexibility index (Phi) is 3.09. The van der Waals surface area contributed by atoms with Crippen LogP contribution in [0, 0.1) is 0 Å². The van der Waals surface area contributed by atoms with Crippen LogP contribution in [0.3, 0.4) is 0 Å². The largest absolute Gasteiger partial charge is 0.479 e. The van der Waals surface area contributed by atoms with Crippen LogP contribution in [0.5, 0.6) is 0 Å². The van der Waals surface area contributed by atoms with Crippen molar-refractivity contribution >= 4 is 21.8 Å². The lowest BCUT2D eigenvalue weighted by Gasteiger charge is -2.18. The number of nitrogens with zero attached hydrogens (tertiary/aromatic N) is 1. The highest BCUT2D eigenvalue weighted by molar-refractivity contribution is 7.90. The van der Waals surface area contributed by atoms with E-state index in [-0.39, 0.29) is 17.2 Å². The van der Waals surface area contributed by atoms with Crippen molar-refractivity contribution in [2.24, 2.45) is 4.99 Å². The number of nitrogens with one attached hydrogen (secondary N) is 1.